The Morgan fingerprint density at radius 3 is 2.84 bits per heavy atom. The fourth-order valence-electron chi connectivity index (χ4n) is 2.00. The van der Waals surface area contributed by atoms with Crippen LogP contribution in [0.25, 0.3) is 22.1 Å². The molecule has 0 aliphatic rings. The molecule has 2 heterocycles. The SMILES string of the molecule is Cc1ccc2oc3nc(N)c(C#N)cc3c(=O)c2c1. The summed E-state index contributed by atoms with van der Waals surface area (Å²) in [4.78, 5) is 16.3. The number of nitrogens with two attached hydrogens (primary N) is 1. The number of aromatic nitrogens is 1. The van der Waals surface area contributed by atoms with Crippen LogP contribution in [-0.4, -0.2) is 4.98 Å². The zero-order chi connectivity index (χ0) is 13.6. The summed E-state index contributed by atoms with van der Waals surface area (Å²) in [6.07, 6.45) is 0. The van der Waals surface area contributed by atoms with Gasteiger partial charge in [0, 0.05) is 0 Å². The predicted molar refractivity (Wildman–Crippen MR) is 71.6 cm³/mol. The number of hydrogen-bond acceptors (Lipinski definition) is 5. The molecule has 3 aromatic rings. The standard InChI is InChI=1S/C14H9N3O2/c1-7-2-3-11-9(4-7)12(18)10-5-8(6-15)13(16)17-14(10)19-11/h2-5H,1H3,(H2,16,17). The number of nitriles is 1. The van der Waals surface area contributed by atoms with Crippen molar-refractivity contribution >= 4 is 27.9 Å². The van der Waals surface area contributed by atoms with Crippen molar-refractivity contribution in [3.63, 3.8) is 0 Å². The Kier molecular flexibility index (Phi) is 2.26. The molecule has 0 radical (unpaired) electrons. The Morgan fingerprint density at radius 1 is 1.32 bits per heavy atom. The first-order valence-corrected chi connectivity index (χ1v) is 5.64. The lowest BCUT2D eigenvalue weighted by molar-refractivity contribution is 0.645. The first-order valence-electron chi connectivity index (χ1n) is 5.64. The van der Waals surface area contributed by atoms with Gasteiger partial charge in [-0.15, -0.1) is 0 Å². The molecule has 0 fully saturated rings. The fourth-order valence-corrected chi connectivity index (χ4v) is 2.00. The number of aryl methyl sites for hydroxylation is 1. The fraction of sp³-hybridized carbons (Fsp3) is 0.0714. The first-order chi connectivity index (χ1) is 9.10. The van der Waals surface area contributed by atoms with Crippen LogP contribution in [0.1, 0.15) is 11.1 Å². The van der Waals surface area contributed by atoms with Crippen molar-refractivity contribution < 1.29 is 4.42 Å². The molecule has 5 heteroatoms. The highest BCUT2D eigenvalue weighted by Crippen LogP contribution is 2.21. The van der Waals surface area contributed by atoms with Gasteiger partial charge in [-0.05, 0) is 25.1 Å². The molecule has 0 unspecified atom stereocenters. The first kappa shape index (κ1) is 11.2. The summed E-state index contributed by atoms with van der Waals surface area (Å²) in [6.45, 7) is 1.89. The molecule has 0 saturated carbocycles. The van der Waals surface area contributed by atoms with Crippen molar-refractivity contribution in [3.8, 4) is 6.07 Å². The quantitative estimate of drug-likeness (QED) is 0.617. The lowest BCUT2D eigenvalue weighted by Crippen LogP contribution is -2.05. The summed E-state index contributed by atoms with van der Waals surface area (Å²) in [6, 6.07) is 8.66. The van der Waals surface area contributed by atoms with Crippen LogP contribution in [0.2, 0.25) is 0 Å². The molecular weight excluding hydrogens is 242 g/mol. The second-order valence-corrected chi connectivity index (χ2v) is 4.32. The van der Waals surface area contributed by atoms with Gasteiger partial charge in [0.15, 0.2) is 0 Å². The molecular formula is C14H9N3O2. The van der Waals surface area contributed by atoms with Gasteiger partial charge in [0.1, 0.15) is 17.5 Å². The predicted octanol–water partition coefficient (Wildman–Crippen LogP) is 2.10. The van der Waals surface area contributed by atoms with Crippen LogP contribution in [0, 0.1) is 18.3 Å². The van der Waals surface area contributed by atoms with Crippen molar-refractivity contribution in [2.45, 2.75) is 6.92 Å². The van der Waals surface area contributed by atoms with Crippen molar-refractivity contribution in [2.24, 2.45) is 0 Å². The summed E-state index contributed by atoms with van der Waals surface area (Å²) in [7, 11) is 0. The maximum absolute atomic E-state index is 12.4. The molecule has 19 heavy (non-hydrogen) atoms. The van der Waals surface area contributed by atoms with Crippen molar-refractivity contribution in [1.82, 2.24) is 4.98 Å². The van der Waals surface area contributed by atoms with Crippen LogP contribution in [0.4, 0.5) is 5.82 Å². The van der Waals surface area contributed by atoms with Gasteiger partial charge in [0.05, 0.1) is 16.3 Å². The number of rotatable bonds is 0. The lowest BCUT2D eigenvalue weighted by atomic mass is 10.1. The smallest absolute Gasteiger partial charge is 0.232 e. The van der Waals surface area contributed by atoms with E-state index in [1.807, 2.05) is 19.1 Å². The molecule has 0 atom stereocenters. The second-order valence-electron chi connectivity index (χ2n) is 4.32. The number of pyridine rings is 1. The normalized spacial score (nSPS) is 10.7. The molecule has 0 bridgehead atoms. The van der Waals surface area contributed by atoms with Crippen LogP contribution in [0.5, 0.6) is 0 Å². The Hall–Kier alpha value is -2.87. The van der Waals surface area contributed by atoms with E-state index >= 15 is 0 Å². The maximum Gasteiger partial charge on any atom is 0.232 e. The third kappa shape index (κ3) is 1.62. The number of benzene rings is 1. The second kappa shape index (κ2) is 3.82. The average Bonchev–Trinajstić information content (AvgIpc) is 2.39. The maximum atomic E-state index is 12.4. The van der Waals surface area contributed by atoms with Gasteiger partial charge in [0.2, 0.25) is 11.1 Å². The van der Waals surface area contributed by atoms with Gasteiger partial charge in [-0.25, -0.2) is 0 Å². The Bertz CT molecular complexity index is 920. The zero-order valence-corrected chi connectivity index (χ0v) is 10.1. The highest BCUT2D eigenvalue weighted by Gasteiger charge is 2.12. The largest absolute Gasteiger partial charge is 0.437 e. The van der Waals surface area contributed by atoms with E-state index in [0.717, 1.165) is 5.56 Å². The van der Waals surface area contributed by atoms with Crippen molar-refractivity contribution in [1.29, 1.82) is 5.26 Å². The van der Waals surface area contributed by atoms with Gasteiger partial charge < -0.3 is 10.2 Å². The highest BCUT2D eigenvalue weighted by atomic mass is 16.3. The number of hydrogen-bond donors (Lipinski definition) is 1. The van der Waals surface area contributed by atoms with Crippen LogP contribution >= 0.6 is 0 Å². The number of nitrogen functional groups attached to an aromatic ring is 1. The Morgan fingerprint density at radius 2 is 2.11 bits per heavy atom. The van der Waals surface area contributed by atoms with E-state index in [-0.39, 0.29) is 27.9 Å². The van der Waals surface area contributed by atoms with Crippen LogP contribution in [-0.2, 0) is 0 Å². The van der Waals surface area contributed by atoms with Gasteiger partial charge in [0.25, 0.3) is 0 Å². The molecule has 1 aromatic carbocycles. The summed E-state index contributed by atoms with van der Waals surface area (Å²) >= 11 is 0. The van der Waals surface area contributed by atoms with Crippen LogP contribution in [0.3, 0.4) is 0 Å². The summed E-state index contributed by atoms with van der Waals surface area (Å²) in [5, 5.41) is 9.67. The van der Waals surface area contributed by atoms with Gasteiger partial charge in [-0.1, -0.05) is 11.6 Å². The number of anilines is 1. The third-order valence-electron chi connectivity index (χ3n) is 2.97. The van der Waals surface area contributed by atoms with E-state index in [2.05, 4.69) is 4.98 Å². The average molecular weight is 251 g/mol. The molecule has 0 aliphatic carbocycles. The third-order valence-corrected chi connectivity index (χ3v) is 2.97. The zero-order valence-electron chi connectivity index (χ0n) is 10.1. The summed E-state index contributed by atoms with van der Waals surface area (Å²) in [5.41, 5.74) is 7.16. The minimum atomic E-state index is -0.205. The summed E-state index contributed by atoms with van der Waals surface area (Å²) in [5.74, 6) is 0.0598. The van der Waals surface area contributed by atoms with E-state index in [0.29, 0.717) is 11.0 Å². The van der Waals surface area contributed by atoms with Gasteiger partial charge >= 0.3 is 0 Å². The molecule has 3 rings (SSSR count). The molecule has 0 aliphatic heterocycles. The lowest BCUT2D eigenvalue weighted by Gasteiger charge is -2.03. The van der Waals surface area contributed by atoms with E-state index in [9.17, 15) is 4.79 Å². The van der Waals surface area contributed by atoms with Crippen LogP contribution < -0.4 is 11.2 Å². The molecule has 0 saturated heterocycles. The monoisotopic (exact) mass is 251 g/mol. The molecule has 92 valence electrons. The topological polar surface area (TPSA) is 92.9 Å². The summed E-state index contributed by atoms with van der Waals surface area (Å²) < 4.78 is 5.56. The number of nitrogens with zero attached hydrogens (tertiary/aromatic N) is 2. The van der Waals surface area contributed by atoms with E-state index < -0.39 is 0 Å². The Labute approximate surface area is 107 Å². The van der Waals surface area contributed by atoms with Gasteiger partial charge in [-0.2, -0.15) is 10.2 Å². The highest BCUT2D eigenvalue weighted by molar-refractivity contribution is 5.89. The number of fused-ring (bicyclic) bond motifs is 2. The molecule has 5 nitrogen and oxygen atoms in total. The van der Waals surface area contributed by atoms with Crippen molar-refractivity contribution in [2.75, 3.05) is 5.73 Å². The van der Waals surface area contributed by atoms with Crippen LogP contribution in [0.15, 0.2) is 33.5 Å². The minimum absolute atomic E-state index is 0.0598. The van der Waals surface area contributed by atoms with E-state index in [1.54, 1.807) is 12.1 Å². The minimum Gasteiger partial charge on any atom is -0.437 e. The Balaban J connectivity index is 2.55. The molecule has 2 aromatic heterocycles. The van der Waals surface area contributed by atoms with Gasteiger partial charge in [-0.3, -0.25) is 4.79 Å². The van der Waals surface area contributed by atoms with E-state index in [4.69, 9.17) is 15.4 Å². The van der Waals surface area contributed by atoms with Crippen molar-refractivity contribution in [3.05, 3.63) is 45.6 Å². The van der Waals surface area contributed by atoms with E-state index in [1.165, 1.54) is 6.07 Å². The molecule has 0 spiro atoms. The molecule has 0 amide bonds. The molecule has 2 N–H and O–H groups in total.